The molecule has 0 bridgehead atoms. The van der Waals surface area contributed by atoms with E-state index in [1.54, 1.807) is 6.07 Å². The predicted octanol–water partition coefficient (Wildman–Crippen LogP) is 3.71. The van der Waals surface area contributed by atoms with Crippen molar-refractivity contribution in [1.29, 1.82) is 0 Å². The average molecular weight is 391 g/mol. The molecule has 1 heterocycles. The number of carbonyl (C=O) groups is 1. The molecular weight excluding hydrogens is 382 g/mol. The van der Waals surface area contributed by atoms with Crippen LogP contribution in [0.4, 0.5) is 0 Å². The highest BCUT2D eigenvalue weighted by Crippen LogP contribution is 2.31. The van der Waals surface area contributed by atoms with Gasteiger partial charge in [0.25, 0.3) is 0 Å². The van der Waals surface area contributed by atoms with E-state index in [4.69, 9.17) is 14.3 Å². The van der Waals surface area contributed by atoms with Gasteiger partial charge in [-0.3, -0.25) is 0 Å². The maximum absolute atomic E-state index is 11.1. The summed E-state index contributed by atoms with van der Waals surface area (Å²) in [5.41, 5.74) is 0.927. The summed E-state index contributed by atoms with van der Waals surface area (Å²) in [6.07, 6.45) is 0. The number of ether oxygens (including phenoxy) is 1. The van der Waals surface area contributed by atoms with E-state index < -0.39 is 5.97 Å². The van der Waals surface area contributed by atoms with Crippen LogP contribution in [0.3, 0.4) is 0 Å². The third-order valence-corrected chi connectivity index (χ3v) is 3.52. The normalized spacial score (nSPS) is 10.7. The Kier molecular flexibility index (Phi) is 4.38. The van der Waals surface area contributed by atoms with E-state index in [0.717, 1.165) is 8.95 Å². The molecule has 0 unspecified atom stereocenters. The fraction of sp³-hybridized carbons (Fsp3) is 0.167. The summed E-state index contributed by atoms with van der Waals surface area (Å²) >= 11 is 6.72. The van der Waals surface area contributed by atoms with Crippen LogP contribution in [0.15, 0.2) is 31.6 Å². The van der Waals surface area contributed by atoms with Gasteiger partial charge >= 0.3 is 5.97 Å². The second-order valence-corrected chi connectivity index (χ2v) is 5.43. The van der Waals surface area contributed by atoms with Crippen LogP contribution in [0.25, 0.3) is 11.5 Å². The van der Waals surface area contributed by atoms with Gasteiger partial charge in [0.15, 0.2) is 0 Å². The molecule has 5 nitrogen and oxygen atoms in total. The van der Waals surface area contributed by atoms with E-state index in [9.17, 15) is 4.79 Å². The van der Waals surface area contributed by atoms with Crippen molar-refractivity contribution in [2.75, 3.05) is 7.11 Å². The topological polar surface area (TPSA) is 72.6 Å². The van der Waals surface area contributed by atoms with Crippen LogP contribution in [-0.2, 0) is 11.3 Å². The lowest BCUT2D eigenvalue weighted by Gasteiger charge is -2.00. The molecule has 0 fully saturated rings. The van der Waals surface area contributed by atoms with Gasteiger partial charge in [-0.05, 0) is 34.1 Å². The number of halogens is 2. The van der Waals surface area contributed by atoms with E-state index in [-0.39, 0.29) is 24.0 Å². The Balaban J connectivity index is 2.53. The Morgan fingerprint density at radius 1 is 1.47 bits per heavy atom. The Hall–Kier alpha value is -1.18. The summed E-state index contributed by atoms with van der Waals surface area (Å²) in [5, 5.41) is 9.07. The van der Waals surface area contributed by atoms with E-state index in [1.807, 2.05) is 12.1 Å². The molecular formula is C12H9Br2NO4. The van der Waals surface area contributed by atoms with Gasteiger partial charge in [0.1, 0.15) is 5.69 Å². The summed E-state index contributed by atoms with van der Waals surface area (Å²) in [7, 11) is 1.47. The van der Waals surface area contributed by atoms with Gasteiger partial charge < -0.3 is 14.3 Å². The number of rotatable bonds is 4. The van der Waals surface area contributed by atoms with Crippen LogP contribution in [0.5, 0.6) is 0 Å². The number of methoxy groups -OCH3 is 1. The van der Waals surface area contributed by atoms with Crippen molar-refractivity contribution in [3.05, 3.63) is 38.6 Å². The standard InChI is InChI=1S/C12H9Br2NO4/c1-18-5-9-10(12(16)17)19-11(15-9)7-4-6(13)2-3-8(7)14/h2-4H,5H2,1H3,(H,16,17). The number of carboxylic acids is 1. The number of benzene rings is 1. The van der Waals surface area contributed by atoms with Crippen molar-refractivity contribution in [2.24, 2.45) is 0 Å². The van der Waals surface area contributed by atoms with Gasteiger partial charge in [0.2, 0.25) is 11.7 Å². The number of hydrogen-bond acceptors (Lipinski definition) is 4. The monoisotopic (exact) mass is 389 g/mol. The molecule has 0 aliphatic rings. The Morgan fingerprint density at radius 3 is 2.84 bits per heavy atom. The van der Waals surface area contributed by atoms with Crippen LogP contribution in [0, 0.1) is 0 Å². The molecule has 0 saturated carbocycles. The highest BCUT2D eigenvalue weighted by molar-refractivity contribution is 9.11. The molecule has 0 spiro atoms. The van der Waals surface area contributed by atoms with Gasteiger partial charge in [-0.1, -0.05) is 15.9 Å². The maximum Gasteiger partial charge on any atom is 0.373 e. The quantitative estimate of drug-likeness (QED) is 0.861. The lowest BCUT2D eigenvalue weighted by atomic mass is 10.2. The summed E-state index contributed by atoms with van der Waals surface area (Å²) in [6.45, 7) is 0.0801. The maximum atomic E-state index is 11.1. The summed E-state index contributed by atoms with van der Waals surface area (Å²) < 4.78 is 11.8. The highest BCUT2D eigenvalue weighted by Gasteiger charge is 2.21. The molecule has 0 aliphatic heterocycles. The fourth-order valence-electron chi connectivity index (χ4n) is 1.53. The molecule has 0 amide bonds. The Bertz CT molecular complexity index is 624. The molecule has 0 radical (unpaired) electrons. The zero-order chi connectivity index (χ0) is 14.0. The minimum Gasteiger partial charge on any atom is -0.475 e. The van der Waals surface area contributed by atoms with E-state index in [1.165, 1.54) is 7.11 Å². The van der Waals surface area contributed by atoms with Gasteiger partial charge in [0, 0.05) is 16.1 Å². The van der Waals surface area contributed by atoms with Crippen LogP contribution >= 0.6 is 31.9 Å². The van der Waals surface area contributed by atoms with E-state index in [0.29, 0.717) is 5.56 Å². The van der Waals surface area contributed by atoms with Gasteiger partial charge in [-0.15, -0.1) is 0 Å². The molecule has 100 valence electrons. The zero-order valence-electron chi connectivity index (χ0n) is 9.81. The average Bonchev–Trinajstić information content (AvgIpc) is 2.77. The molecule has 19 heavy (non-hydrogen) atoms. The number of aromatic nitrogens is 1. The minimum atomic E-state index is -1.17. The number of hydrogen-bond donors (Lipinski definition) is 1. The molecule has 0 atom stereocenters. The number of aromatic carboxylic acids is 1. The number of oxazole rings is 1. The van der Waals surface area contributed by atoms with Crippen molar-refractivity contribution in [3.8, 4) is 11.5 Å². The van der Waals surface area contributed by atoms with E-state index in [2.05, 4.69) is 36.8 Å². The van der Waals surface area contributed by atoms with Gasteiger partial charge in [-0.25, -0.2) is 9.78 Å². The second kappa shape index (κ2) is 5.85. The molecule has 2 rings (SSSR count). The first kappa shape index (κ1) is 14.2. The van der Waals surface area contributed by atoms with Crippen molar-refractivity contribution in [2.45, 2.75) is 6.61 Å². The van der Waals surface area contributed by atoms with Crippen molar-refractivity contribution >= 4 is 37.8 Å². The predicted molar refractivity (Wildman–Crippen MR) is 75.0 cm³/mol. The smallest absolute Gasteiger partial charge is 0.373 e. The number of nitrogens with zero attached hydrogens (tertiary/aromatic N) is 1. The van der Waals surface area contributed by atoms with Crippen LogP contribution < -0.4 is 0 Å². The minimum absolute atomic E-state index is 0.0801. The largest absolute Gasteiger partial charge is 0.475 e. The van der Waals surface area contributed by atoms with Crippen molar-refractivity contribution in [3.63, 3.8) is 0 Å². The van der Waals surface area contributed by atoms with Crippen LogP contribution in [0.2, 0.25) is 0 Å². The third-order valence-electron chi connectivity index (χ3n) is 2.33. The lowest BCUT2D eigenvalue weighted by molar-refractivity contribution is 0.0656. The second-order valence-electron chi connectivity index (χ2n) is 3.66. The molecule has 0 aliphatic carbocycles. The molecule has 1 N–H and O–H groups in total. The molecule has 2 aromatic rings. The van der Waals surface area contributed by atoms with Gasteiger partial charge in [-0.2, -0.15) is 0 Å². The first-order chi connectivity index (χ1) is 9.02. The van der Waals surface area contributed by atoms with Crippen molar-refractivity contribution < 1.29 is 19.1 Å². The molecule has 0 saturated heterocycles. The molecule has 1 aromatic carbocycles. The first-order valence-electron chi connectivity index (χ1n) is 5.20. The SMILES string of the molecule is COCc1nc(-c2cc(Br)ccc2Br)oc1C(=O)O. The summed E-state index contributed by atoms with van der Waals surface area (Å²) in [5.74, 6) is -1.14. The van der Waals surface area contributed by atoms with Crippen molar-refractivity contribution in [1.82, 2.24) is 4.98 Å². The van der Waals surface area contributed by atoms with Crippen LogP contribution in [-0.4, -0.2) is 23.2 Å². The third kappa shape index (κ3) is 3.05. The fourth-order valence-corrected chi connectivity index (χ4v) is 2.31. The lowest BCUT2D eigenvalue weighted by Crippen LogP contribution is -2.00. The Morgan fingerprint density at radius 2 is 2.21 bits per heavy atom. The first-order valence-corrected chi connectivity index (χ1v) is 6.79. The summed E-state index contributed by atoms with van der Waals surface area (Å²) in [4.78, 5) is 15.3. The Labute approximate surface area is 125 Å². The van der Waals surface area contributed by atoms with Crippen LogP contribution in [0.1, 0.15) is 16.2 Å². The molecule has 1 aromatic heterocycles. The highest BCUT2D eigenvalue weighted by atomic mass is 79.9. The number of carboxylic acid groups (broad SMARTS) is 1. The van der Waals surface area contributed by atoms with E-state index >= 15 is 0 Å². The van der Waals surface area contributed by atoms with Gasteiger partial charge in [0.05, 0.1) is 12.2 Å². The molecule has 7 heteroatoms. The zero-order valence-corrected chi connectivity index (χ0v) is 13.0. The summed E-state index contributed by atoms with van der Waals surface area (Å²) in [6, 6.07) is 5.46.